The number of unbranched alkanes of at least 4 members (excludes halogenated alkanes) is 5. The monoisotopic (exact) mass is 305 g/mol. The van der Waals surface area contributed by atoms with Crippen LogP contribution in [0.1, 0.15) is 58.3 Å². The smallest absolute Gasteiger partial charge is 0.342 e. The first-order valence-corrected chi connectivity index (χ1v) is 7.04. The molecule has 122 valence electrons. The summed E-state index contributed by atoms with van der Waals surface area (Å²) >= 11 is 0. The van der Waals surface area contributed by atoms with Gasteiger partial charge in [0.25, 0.3) is 0 Å². The summed E-state index contributed by atoms with van der Waals surface area (Å²) in [5, 5.41) is 18.7. The lowest BCUT2D eigenvalue weighted by Gasteiger charge is -2.13. The molecule has 0 aliphatic heterocycles. The summed E-state index contributed by atoms with van der Waals surface area (Å²) in [5.41, 5.74) is 0. The molecule has 0 fully saturated rings. The predicted molar refractivity (Wildman–Crippen MR) is 72.0 cm³/mol. The van der Waals surface area contributed by atoms with Gasteiger partial charge in [0, 0.05) is 6.42 Å². The molecular weight excluding hydrogens is 282 g/mol. The first-order valence-electron chi connectivity index (χ1n) is 7.04. The molecule has 0 aromatic heterocycles. The summed E-state index contributed by atoms with van der Waals surface area (Å²) in [4.78, 5) is 40.6. The highest BCUT2D eigenvalue weighted by atomic mass is 17.1. The van der Waals surface area contributed by atoms with Crippen molar-refractivity contribution in [2.24, 2.45) is 0 Å². The number of hydrogen-bond donors (Lipinski definition) is 3. The van der Waals surface area contributed by atoms with E-state index in [0.717, 1.165) is 25.7 Å². The summed E-state index contributed by atoms with van der Waals surface area (Å²) < 4.78 is 0. The van der Waals surface area contributed by atoms with E-state index in [-0.39, 0.29) is 6.42 Å². The maximum atomic E-state index is 11.6. The van der Waals surface area contributed by atoms with Crippen LogP contribution in [-0.4, -0.2) is 34.4 Å². The van der Waals surface area contributed by atoms with Gasteiger partial charge in [0.2, 0.25) is 5.91 Å². The van der Waals surface area contributed by atoms with Gasteiger partial charge in [-0.15, -0.1) is 0 Å². The van der Waals surface area contributed by atoms with Crippen LogP contribution in [-0.2, 0) is 24.2 Å². The van der Waals surface area contributed by atoms with E-state index in [2.05, 4.69) is 22.0 Å². The Kier molecular flexibility index (Phi) is 11.1. The average Bonchev–Trinajstić information content (AvgIpc) is 2.49. The van der Waals surface area contributed by atoms with Crippen LogP contribution < -0.4 is 5.32 Å². The van der Waals surface area contributed by atoms with Crippen LogP contribution in [0.3, 0.4) is 0 Å². The number of carbonyl (C=O) groups excluding carboxylic acids is 3. The molecule has 0 aliphatic carbocycles. The van der Waals surface area contributed by atoms with E-state index in [4.69, 9.17) is 10.5 Å². The minimum absolute atomic E-state index is 0.204. The van der Waals surface area contributed by atoms with Crippen LogP contribution >= 0.6 is 0 Å². The fourth-order valence-corrected chi connectivity index (χ4v) is 1.79. The first-order chi connectivity index (χ1) is 10.0. The summed E-state index contributed by atoms with van der Waals surface area (Å²) in [5.74, 6) is -2.76. The van der Waals surface area contributed by atoms with Gasteiger partial charge in [-0.2, -0.15) is 10.5 Å². The number of nitrogens with one attached hydrogen (secondary N) is 1. The van der Waals surface area contributed by atoms with Crippen molar-refractivity contribution in [1.29, 1.82) is 0 Å². The lowest BCUT2D eigenvalue weighted by Crippen LogP contribution is -2.43. The molecule has 1 amide bonds. The lowest BCUT2D eigenvalue weighted by atomic mass is 10.1. The van der Waals surface area contributed by atoms with Crippen molar-refractivity contribution >= 4 is 17.8 Å². The van der Waals surface area contributed by atoms with Gasteiger partial charge >= 0.3 is 11.9 Å². The van der Waals surface area contributed by atoms with Crippen LogP contribution in [0.2, 0.25) is 0 Å². The molecule has 1 unspecified atom stereocenters. The van der Waals surface area contributed by atoms with Gasteiger partial charge in [0.05, 0.1) is 6.42 Å². The summed E-state index contributed by atoms with van der Waals surface area (Å²) in [7, 11) is 0. The van der Waals surface area contributed by atoms with E-state index in [0.29, 0.717) is 6.42 Å². The SMILES string of the molecule is CCCCCCCCC(=O)NC(CC(=O)OO)C(=O)OO. The Balaban J connectivity index is 4.04. The minimum Gasteiger partial charge on any atom is -0.342 e. The van der Waals surface area contributed by atoms with E-state index >= 15 is 0 Å². The fraction of sp³-hybridized carbons (Fsp3) is 0.769. The molecule has 0 rings (SSSR count). The Morgan fingerprint density at radius 2 is 1.62 bits per heavy atom. The van der Waals surface area contributed by atoms with Crippen molar-refractivity contribution < 1.29 is 34.7 Å². The van der Waals surface area contributed by atoms with Crippen molar-refractivity contribution in [3.63, 3.8) is 0 Å². The molecule has 0 aliphatic rings. The molecule has 0 aromatic rings. The molecule has 0 spiro atoms. The van der Waals surface area contributed by atoms with Gasteiger partial charge in [0.15, 0.2) is 0 Å². The Morgan fingerprint density at radius 3 is 2.19 bits per heavy atom. The van der Waals surface area contributed by atoms with Crippen molar-refractivity contribution in [1.82, 2.24) is 5.32 Å². The van der Waals surface area contributed by atoms with Crippen LogP contribution in [0.15, 0.2) is 0 Å². The number of hydrogen-bond acceptors (Lipinski definition) is 7. The molecule has 0 radical (unpaired) electrons. The molecule has 0 saturated heterocycles. The predicted octanol–water partition coefficient (Wildman–Crippen LogP) is 1.64. The zero-order chi connectivity index (χ0) is 16.1. The summed E-state index contributed by atoms with van der Waals surface area (Å²) in [6.45, 7) is 2.12. The maximum absolute atomic E-state index is 11.6. The largest absolute Gasteiger partial charge is 0.364 e. The van der Waals surface area contributed by atoms with Crippen molar-refractivity contribution in [3.05, 3.63) is 0 Å². The molecule has 8 nitrogen and oxygen atoms in total. The zero-order valence-electron chi connectivity index (χ0n) is 12.2. The van der Waals surface area contributed by atoms with E-state index < -0.39 is 30.3 Å². The summed E-state index contributed by atoms with van der Waals surface area (Å²) in [6, 6.07) is -1.39. The third-order valence-electron chi connectivity index (χ3n) is 2.94. The second-order valence-electron chi connectivity index (χ2n) is 4.72. The molecule has 21 heavy (non-hydrogen) atoms. The number of carbonyl (C=O) groups is 3. The second-order valence-corrected chi connectivity index (χ2v) is 4.72. The van der Waals surface area contributed by atoms with Gasteiger partial charge in [-0.3, -0.25) is 9.68 Å². The quantitative estimate of drug-likeness (QED) is 0.301. The molecule has 3 N–H and O–H groups in total. The van der Waals surface area contributed by atoms with Crippen molar-refractivity contribution in [2.75, 3.05) is 0 Å². The maximum Gasteiger partial charge on any atom is 0.364 e. The Labute approximate surface area is 123 Å². The Bertz CT molecular complexity index is 332. The van der Waals surface area contributed by atoms with E-state index in [1.807, 2.05) is 0 Å². The Morgan fingerprint density at radius 1 is 1.00 bits per heavy atom. The van der Waals surface area contributed by atoms with Gasteiger partial charge in [-0.25, -0.2) is 9.59 Å². The molecule has 0 saturated carbocycles. The molecule has 1 atom stereocenters. The third kappa shape index (κ3) is 9.80. The minimum atomic E-state index is -1.39. The summed E-state index contributed by atoms with van der Waals surface area (Å²) in [6.07, 6.45) is 5.63. The van der Waals surface area contributed by atoms with E-state index in [1.165, 1.54) is 6.42 Å². The number of rotatable bonds is 11. The molecular formula is C13H23NO7. The van der Waals surface area contributed by atoms with Gasteiger partial charge in [-0.1, -0.05) is 39.0 Å². The zero-order valence-corrected chi connectivity index (χ0v) is 12.2. The van der Waals surface area contributed by atoms with Gasteiger partial charge in [-0.05, 0) is 6.42 Å². The average molecular weight is 305 g/mol. The highest BCUT2D eigenvalue weighted by molar-refractivity contribution is 5.87. The Hall–Kier alpha value is -1.67. The highest BCUT2D eigenvalue weighted by Crippen LogP contribution is 2.07. The highest BCUT2D eigenvalue weighted by Gasteiger charge is 2.26. The van der Waals surface area contributed by atoms with Crippen LogP contribution in [0.5, 0.6) is 0 Å². The van der Waals surface area contributed by atoms with E-state index in [1.54, 1.807) is 0 Å². The van der Waals surface area contributed by atoms with E-state index in [9.17, 15) is 14.4 Å². The molecule has 0 heterocycles. The topological polar surface area (TPSA) is 122 Å². The third-order valence-corrected chi connectivity index (χ3v) is 2.94. The lowest BCUT2D eigenvalue weighted by molar-refractivity contribution is -0.242. The number of amides is 1. The van der Waals surface area contributed by atoms with Crippen LogP contribution in [0.25, 0.3) is 0 Å². The molecule has 8 heteroatoms. The van der Waals surface area contributed by atoms with Gasteiger partial charge < -0.3 is 10.2 Å². The van der Waals surface area contributed by atoms with Gasteiger partial charge in [0.1, 0.15) is 6.04 Å². The second kappa shape index (κ2) is 12.1. The molecule has 0 aromatic carbocycles. The normalized spacial score (nSPS) is 11.6. The van der Waals surface area contributed by atoms with Crippen LogP contribution in [0, 0.1) is 0 Å². The standard InChI is InChI=1S/C13H23NO7/c1-2-3-4-5-6-7-8-11(15)14-10(13(17)21-19)9-12(16)20-18/h10,18-19H,2-9H2,1H3,(H,14,15). The van der Waals surface area contributed by atoms with Crippen molar-refractivity contribution in [3.8, 4) is 0 Å². The fourth-order valence-electron chi connectivity index (χ4n) is 1.79. The van der Waals surface area contributed by atoms with Crippen LogP contribution in [0.4, 0.5) is 0 Å². The van der Waals surface area contributed by atoms with Crippen molar-refractivity contribution in [2.45, 2.75) is 64.3 Å². The first kappa shape index (κ1) is 19.3. The molecule has 0 bridgehead atoms.